The van der Waals surface area contributed by atoms with Crippen molar-refractivity contribution in [3.8, 4) is 11.4 Å². The molecule has 1 N–H and O–H groups in total. The van der Waals surface area contributed by atoms with Crippen molar-refractivity contribution in [2.24, 2.45) is 0 Å². The number of thioether (sulfide) groups is 1. The highest BCUT2D eigenvalue weighted by Gasteiger charge is 2.35. The maximum atomic E-state index is 13.1. The molecule has 0 atom stereocenters. The van der Waals surface area contributed by atoms with Crippen LogP contribution in [0.3, 0.4) is 0 Å². The molecule has 3 aromatic rings. The van der Waals surface area contributed by atoms with Crippen LogP contribution in [0, 0.1) is 0 Å². The number of nitrogens with zero attached hydrogens (tertiary/aromatic N) is 3. The van der Waals surface area contributed by atoms with Gasteiger partial charge in [0.15, 0.2) is 11.0 Å². The van der Waals surface area contributed by atoms with Gasteiger partial charge in [-0.2, -0.15) is 13.2 Å². The Balaban J connectivity index is 1.53. The van der Waals surface area contributed by atoms with Crippen LogP contribution in [0.25, 0.3) is 11.4 Å². The zero-order valence-electron chi connectivity index (χ0n) is 16.3. The Morgan fingerprint density at radius 3 is 2.60 bits per heavy atom. The van der Waals surface area contributed by atoms with E-state index in [1.807, 2.05) is 22.8 Å². The van der Waals surface area contributed by atoms with Gasteiger partial charge in [-0.25, -0.2) is 0 Å². The van der Waals surface area contributed by atoms with Crippen LogP contribution in [0.15, 0.2) is 53.7 Å². The second-order valence-electron chi connectivity index (χ2n) is 7.67. The number of alkyl halides is 3. The molecule has 0 unspecified atom stereocenters. The summed E-state index contributed by atoms with van der Waals surface area (Å²) in [6, 6.07) is 12.9. The predicted molar refractivity (Wildman–Crippen MR) is 109 cm³/mol. The van der Waals surface area contributed by atoms with E-state index < -0.39 is 17.6 Å². The Hall–Kier alpha value is -2.81. The maximum absolute atomic E-state index is 13.1. The minimum atomic E-state index is -4.54. The Morgan fingerprint density at radius 1 is 1.13 bits per heavy atom. The predicted octanol–water partition coefficient (Wildman–Crippen LogP) is 4.99. The highest BCUT2D eigenvalue weighted by atomic mass is 32.2. The molecular formula is C21H19F3N4OS. The largest absolute Gasteiger partial charge is 0.418 e. The number of carbonyl (C=O) groups is 1. The number of anilines is 1. The Kier molecular flexibility index (Phi) is 5.09. The van der Waals surface area contributed by atoms with Crippen molar-refractivity contribution in [3.63, 3.8) is 0 Å². The first kappa shape index (κ1) is 20.5. The number of nitrogens with one attached hydrogen (secondary N) is 1. The summed E-state index contributed by atoms with van der Waals surface area (Å²) in [5.41, 5.74) is 0.753. The first-order valence-electron chi connectivity index (χ1n) is 9.30. The van der Waals surface area contributed by atoms with Crippen molar-refractivity contribution in [2.45, 2.75) is 37.1 Å². The summed E-state index contributed by atoms with van der Waals surface area (Å²) in [5.74, 6) is 0.109. The standard InChI is InChI=1S/C21H19F3N4OS/c1-20(2)11-13-7-3-4-8-14(13)18-26-27-19(28(18)20)30-12-17(29)25-16-10-6-5-9-15(16)21(22,23)24/h3-10H,11-12H2,1-2H3,(H,25,29). The lowest BCUT2D eigenvalue weighted by molar-refractivity contribution is -0.137. The Morgan fingerprint density at radius 2 is 1.83 bits per heavy atom. The molecule has 1 aliphatic heterocycles. The van der Waals surface area contributed by atoms with E-state index in [0.717, 1.165) is 35.6 Å². The van der Waals surface area contributed by atoms with Gasteiger partial charge in [0, 0.05) is 11.1 Å². The number of carbonyl (C=O) groups excluding carboxylic acids is 1. The summed E-state index contributed by atoms with van der Waals surface area (Å²) in [7, 11) is 0. The van der Waals surface area contributed by atoms with Crippen LogP contribution in [0.1, 0.15) is 25.0 Å². The quantitative estimate of drug-likeness (QED) is 0.591. The molecule has 0 fully saturated rings. The third kappa shape index (κ3) is 3.81. The van der Waals surface area contributed by atoms with Crippen LogP contribution in [-0.2, 0) is 22.9 Å². The second-order valence-corrected chi connectivity index (χ2v) is 8.61. The number of rotatable bonds is 4. The van der Waals surface area contributed by atoms with Crippen LogP contribution in [-0.4, -0.2) is 26.4 Å². The third-order valence-corrected chi connectivity index (χ3v) is 5.89. The van der Waals surface area contributed by atoms with Crippen LogP contribution in [0.2, 0.25) is 0 Å². The van der Waals surface area contributed by atoms with Crippen molar-refractivity contribution in [2.75, 3.05) is 11.1 Å². The molecule has 156 valence electrons. The fourth-order valence-corrected chi connectivity index (χ4v) is 4.57. The van der Waals surface area contributed by atoms with Gasteiger partial charge in [0.05, 0.1) is 17.0 Å². The van der Waals surface area contributed by atoms with Gasteiger partial charge in [0.2, 0.25) is 5.91 Å². The van der Waals surface area contributed by atoms with E-state index in [-0.39, 0.29) is 17.0 Å². The van der Waals surface area contributed by atoms with Crippen LogP contribution >= 0.6 is 11.8 Å². The highest BCUT2D eigenvalue weighted by molar-refractivity contribution is 7.99. The van der Waals surface area contributed by atoms with E-state index in [9.17, 15) is 18.0 Å². The number of halogens is 3. The van der Waals surface area contributed by atoms with Crippen LogP contribution < -0.4 is 5.32 Å². The summed E-state index contributed by atoms with van der Waals surface area (Å²) in [6.07, 6.45) is -3.76. The number of aromatic nitrogens is 3. The fraction of sp³-hybridized carbons (Fsp3) is 0.286. The highest BCUT2D eigenvalue weighted by Crippen LogP contribution is 2.40. The van der Waals surface area contributed by atoms with E-state index in [2.05, 4.69) is 35.4 Å². The first-order valence-corrected chi connectivity index (χ1v) is 10.3. The van der Waals surface area contributed by atoms with Crippen molar-refractivity contribution >= 4 is 23.4 Å². The van der Waals surface area contributed by atoms with Gasteiger partial charge in [-0.3, -0.25) is 9.36 Å². The second kappa shape index (κ2) is 7.46. The van der Waals surface area contributed by atoms with Gasteiger partial charge in [-0.05, 0) is 38.0 Å². The van der Waals surface area contributed by atoms with Crippen molar-refractivity contribution in [3.05, 3.63) is 59.7 Å². The third-order valence-electron chi connectivity index (χ3n) is 4.96. The molecule has 0 bridgehead atoms. The van der Waals surface area contributed by atoms with E-state index in [1.165, 1.54) is 23.8 Å². The van der Waals surface area contributed by atoms with Crippen LogP contribution in [0.4, 0.5) is 18.9 Å². The molecular weight excluding hydrogens is 413 g/mol. The van der Waals surface area contributed by atoms with Gasteiger partial charge in [-0.15, -0.1) is 10.2 Å². The van der Waals surface area contributed by atoms with E-state index >= 15 is 0 Å². The van der Waals surface area contributed by atoms with Crippen molar-refractivity contribution in [1.82, 2.24) is 14.8 Å². The lowest BCUT2D eigenvalue weighted by atomic mass is 9.87. The van der Waals surface area contributed by atoms with Gasteiger partial charge in [-0.1, -0.05) is 48.2 Å². The number of para-hydroxylation sites is 1. The monoisotopic (exact) mass is 432 g/mol. The zero-order valence-corrected chi connectivity index (χ0v) is 17.1. The minimum absolute atomic E-state index is 0.0813. The SMILES string of the molecule is CC1(C)Cc2ccccc2-c2nnc(SCC(=O)Nc3ccccc3C(F)(F)F)n21. The molecule has 0 saturated heterocycles. The van der Waals surface area contributed by atoms with Gasteiger partial charge < -0.3 is 5.32 Å². The molecule has 2 heterocycles. The fourth-order valence-electron chi connectivity index (χ4n) is 3.68. The van der Waals surface area contributed by atoms with Gasteiger partial charge in [0.1, 0.15) is 0 Å². The number of hydrogen-bond acceptors (Lipinski definition) is 4. The molecule has 0 saturated carbocycles. The van der Waals surface area contributed by atoms with E-state index in [0.29, 0.717) is 5.16 Å². The average Bonchev–Trinajstić information content (AvgIpc) is 3.11. The summed E-state index contributed by atoms with van der Waals surface area (Å²) >= 11 is 1.16. The van der Waals surface area contributed by atoms with E-state index in [4.69, 9.17) is 0 Å². The molecule has 0 spiro atoms. The topological polar surface area (TPSA) is 59.8 Å². The summed E-state index contributed by atoms with van der Waals surface area (Å²) in [5, 5.41) is 11.5. The molecule has 0 aliphatic carbocycles. The molecule has 30 heavy (non-hydrogen) atoms. The minimum Gasteiger partial charge on any atom is -0.325 e. The van der Waals surface area contributed by atoms with Crippen molar-refractivity contribution in [1.29, 1.82) is 0 Å². The Bertz CT molecular complexity index is 1110. The van der Waals surface area contributed by atoms with Crippen LogP contribution in [0.5, 0.6) is 0 Å². The molecule has 1 amide bonds. The van der Waals surface area contributed by atoms with E-state index in [1.54, 1.807) is 0 Å². The Labute approximate surface area is 175 Å². The van der Waals surface area contributed by atoms with Gasteiger partial charge in [0.25, 0.3) is 0 Å². The van der Waals surface area contributed by atoms with Gasteiger partial charge >= 0.3 is 6.18 Å². The number of benzene rings is 2. The molecule has 5 nitrogen and oxygen atoms in total. The normalized spacial score (nSPS) is 14.7. The molecule has 0 radical (unpaired) electrons. The van der Waals surface area contributed by atoms with Crippen molar-refractivity contribution < 1.29 is 18.0 Å². The molecule has 4 rings (SSSR count). The lowest BCUT2D eigenvalue weighted by Gasteiger charge is -2.34. The zero-order chi connectivity index (χ0) is 21.5. The smallest absolute Gasteiger partial charge is 0.325 e. The maximum Gasteiger partial charge on any atom is 0.418 e. The molecule has 2 aromatic carbocycles. The summed E-state index contributed by atoms with van der Waals surface area (Å²) < 4.78 is 41.4. The molecule has 9 heteroatoms. The number of amides is 1. The lowest BCUT2D eigenvalue weighted by Crippen LogP contribution is -2.33. The summed E-state index contributed by atoms with van der Waals surface area (Å²) in [6.45, 7) is 4.14. The number of fused-ring (bicyclic) bond motifs is 3. The first-order chi connectivity index (χ1) is 14.2. The molecule has 1 aromatic heterocycles. The average molecular weight is 432 g/mol. The summed E-state index contributed by atoms with van der Waals surface area (Å²) in [4.78, 5) is 12.4. The molecule has 1 aliphatic rings. The number of hydrogen-bond donors (Lipinski definition) is 1.